The van der Waals surface area contributed by atoms with E-state index in [2.05, 4.69) is 144 Å². The van der Waals surface area contributed by atoms with Crippen LogP contribution in [0.25, 0.3) is 71.2 Å². The minimum atomic E-state index is 1.19. The van der Waals surface area contributed by atoms with Gasteiger partial charge in [-0.25, -0.2) is 0 Å². The van der Waals surface area contributed by atoms with Crippen molar-refractivity contribution >= 4 is 54.4 Å². The first-order chi connectivity index (χ1) is 18.3. The number of nitrogens with zero attached hydrogens (tertiary/aromatic N) is 2. The standard InChI is InChI=1S/C35H24N2/c1-36-32-12-6-4-11-29(32)31-21-25(16-19-33(31)36)26-15-18-30-28-10-5-7-13-34(28)37(35(30)22-26)27-17-14-23-8-2-3-9-24(23)20-27/h2-22H,1H3. The van der Waals surface area contributed by atoms with Crippen molar-refractivity contribution in [3.63, 3.8) is 0 Å². The molecule has 6 aromatic carbocycles. The fraction of sp³-hybridized carbons (Fsp3) is 0.0286. The minimum Gasteiger partial charge on any atom is -0.344 e. The van der Waals surface area contributed by atoms with E-state index in [1.165, 1.54) is 71.2 Å². The van der Waals surface area contributed by atoms with Crippen molar-refractivity contribution in [2.45, 2.75) is 0 Å². The third kappa shape index (κ3) is 2.93. The van der Waals surface area contributed by atoms with Crippen LogP contribution in [0.2, 0.25) is 0 Å². The van der Waals surface area contributed by atoms with Crippen LogP contribution in [0.3, 0.4) is 0 Å². The Morgan fingerprint density at radius 1 is 0.405 bits per heavy atom. The second-order valence-corrected chi connectivity index (χ2v) is 9.92. The lowest BCUT2D eigenvalue weighted by molar-refractivity contribution is 1.01. The Labute approximate surface area is 214 Å². The van der Waals surface area contributed by atoms with Gasteiger partial charge in [0, 0.05) is 45.3 Å². The summed E-state index contributed by atoms with van der Waals surface area (Å²) in [6, 6.07) is 46.5. The molecular weight excluding hydrogens is 448 g/mol. The molecule has 0 N–H and O–H groups in total. The summed E-state index contributed by atoms with van der Waals surface area (Å²) in [5, 5.41) is 7.67. The van der Waals surface area contributed by atoms with Gasteiger partial charge in [-0.05, 0) is 64.4 Å². The molecule has 0 spiro atoms. The number of para-hydroxylation sites is 2. The lowest BCUT2D eigenvalue weighted by atomic mass is 10.0. The molecule has 0 aliphatic heterocycles. The lowest BCUT2D eigenvalue weighted by Gasteiger charge is -2.10. The molecule has 2 heteroatoms. The maximum absolute atomic E-state index is 2.41. The third-order valence-corrected chi connectivity index (χ3v) is 7.91. The highest BCUT2D eigenvalue weighted by Gasteiger charge is 2.14. The SMILES string of the molecule is Cn1c2ccccc2c2cc(-c3ccc4c5ccccc5n(-c5ccc6ccccc6c5)c4c3)ccc21. The van der Waals surface area contributed by atoms with Gasteiger partial charge in [-0.2, -0.15) is 0 Å². The van der Waals surface area contributed by atoms with Crippen LogP contribution in [-0.2, 0) is 7.05 Å². The summed E-state index contributed by atoms with van der Waals surface area (Å²) in [7, 11) is 2.15. The highest BCUT2D eigenvalue weighted by atomic mass is 15.0. The van der Waals surface area contributed by atoms with E-state index in [9.17, 15) is 0 Å². The van der Waals surface area contributed by atoms with Crippen molar-refractivity contribution in [2.75, 3.05) is 0 Å². The quantitative estimate of drug-likeness (QED) is 0.237. The maximum atomic E-state index is 2.41. The van der Waals surface area contributed by atoms with Crippen LogP contribution < -0.4 is 0 Å². The van der Waals surface area contributed by atoms with E-state index < -0.39 is 0 Å². The van der Waals surface area contributed by atoms with Crippen LogP contribution in [-0.4, -0.2) is 9.13 Å². The topological polar surface area (TPSA) is 9.86 Å². The summed E-state index contributed by atoms with van der Waals surface area (Å²) in [6.07, 6.45) is 0. The molecule has 0 unspecified atom stereocenters. The van der Waals surface area contributed by atoms with Crippen molar-refractivity contribution in [1.29, 1.82) is 0 Å². The number of fused-ring (bicyclic) bond motifs is 7. The molecule has 37 heavy (non-hydrogen) atoms. The monoisotopic (exact) mass is 472 g/mol. The smallest absolute Gasteiger partial charge is 0.0547 e. The Morgan fingerprint density at radius 2 is 1.03 bits per heavy atom. The van der Waals surface area contributed by atoms with Crippen LogP contribution in [0.4, 0.5) is 0 Å². The maximum Gasteiger partial charge on any atom is 0.0547 e. The highest BCUT2D eigenvalue weighted by molar-refractivity contribution is 6.12. The van der Waals surface area contributed by atoms with Crippen molar-refractivity contribution in [3.8, 4) is 16.8 Å². The number of rotatable bonds is 2. The summed E-state index contributed by atoms with van der Waals surface area (Å²) in [5.74, 6) is 0. The molecule has 0 saturated carbocycles. The molecule has 0 amide bonds. The zero-order chi connectivity index (χ0) is 24.5. The minimum absolute atomic E-state index is 1.19. The largest absolute Gasteiger partial charge is 0.344 e. The second-order valence-electron chi connectivity index (χ2n) is 9.92. The van der Waals surface area contributed by atoms with Gasteiger partial charge in [-0.3, -0.25) is 0 Å². The molecule has 2 heterocycles. The Hall–Kier alpha value is -4.82. The summed E-state index contributed by atoms with van der Waals surface area (Å²) in [4.78, 5) is 0. The molecule has 0 aliphatic carbocycles. The van der Waals surface area contributed by atoms with E-state index in [1.807, 2.05) is 0 Å². The van der Waals surface area contributed by atoms with Crippen molar-refractivity contribution in [3.05, 3.63) is 127 Å². The van der Waals surface area contributed by atoms with E-state index in [0.717, 1.165) is 0 Å². The van der Waals surface area contributed by atoms with Gasteiger partial charge in [-0.1, -0.05) is 84.9 Å². The highest BCUT2D eigenvalue weighted by Crippen LogP contribution is 2.37. The summed E-state index contributed by atoms with van der Waals surface area (Å²) in [6.45, 7) is 0. The van der Waals surface area contributed by atoms with Crippen LogP contribution in [0.15, 0.2) is 127 Å². The number of benzene rings is 6. The molecule has 8 aromatic rings. The molecule has 2 nitrogen and oxygen atoms in total. The summed E-state index contributed by atoms with van der Waals surface area (Å²) < 4.78 is 4.70. The Balaban J connectivity index is 1.40. The van der Waals surface area contributed by atoms with Gasteiger partial charge in [-0.15, -0.1) is 0 Å². The fourth-order valence-corrected chi connectivity index (χ4v) is 6.09. The third-order valence-electron chi connectivity index (χ3n) is 7.91. The zero-order valence-corrected chi connectivity index (χ0v) is 20.5. The van der Waals surface area contributed by atoms with Crippen molar-refractivity contribution in [2.24, 2.45) is 7.05 Å². The van der Waals surface area contributed by atoms with Gasteiger partial charge in [0.15, 0.2) is 0 Å². The van der Waals surface area contributed by atoms with Crippen molar-refractivity contribution < 1.29 is 0 Å². The van der Waals surface area contributed by atoms with Gasteiger partial charge in [0.05, 0.1) is 11.0 Å². The molecule has 2 aromatic heterocycles. The normalized spacial score (nSPS) is 11.9. The molecule has 0 saturated heterocycles. The van der Waals surface area contributed by atoms with E-state index in [4.69, 9.17) is 0 Å². The average Bonchev–Trinajstić information content (AvgIpc) is 3.44. The van der Waals surface area contributed by atoms with Crippen LogP contribution in [0, 0.1) is 0 Å². The zero-order valence-electron chi connectivity index (χ0n) is 20.5. The summed E-state index contributed by atoms with van der Waals surface area (Å²) in [5.41, 5.74) is 8.64. The predicted octanol–water partition coefficient (Wildman–Crippen LogP) is 9.25. The summed E-state index contributed by atoms with van der Waals surface area (Å²) >= 11 is 0. The Morgan fingerprint density at radius 3 is 1.89 bits per heavy atom. The van der Waals surface area contributed by atoms with Crippen molar-refractivity contribution in [1.82, 2.24) is 9.13 Å². The molecule has 0 radical (unpaired) electrons. The van der Waals surface area contributed by atoms with Gasteiger partial charge < -0.3 is 9.13 Å². The molecular formula is C35H24N2. The van der Waals surface area contributed by atoms with Crippen LogP contribution in [0.5, 0.6) is 0 Å². The molecule has 0 aliphatic rings. The lowest BCUT2D eigenvalue weighted by Crippen LogP contribution is -1.94. The van der Waals surface area contributed by atoms with Crippen LogP contribution >= 0.6 is 0 Å². The number of aromatic nitrogens is 2. The average molecular weight is 473 g/mol. The van der Waals surface area contributed by atoms with E-state index in [1.54, 1.807) is 0 Å². The first-order valence-corrected chi connectivity index (χ1v) is 12.8. The predicted molar refractivity (Wildman–Crippen MR) is 158 cm³/mol. The Bertz CT molecular complexity index is 2160. The van der Waals surface area contributed by atoms with Gasteiger partial charge >= 0.3 is 0 Å². The number of hydrogen-bond acceptors (Lipinski definition) is 0. The first-order valence-electron chi connectivity index (χ1n) is 12.8. The molecule has 0 bridgehead atoms. The van der Waals surface area contributed by atoms with Gasteiger partial charge in [0.25, 0.3) is 0 Å². The number of aryl methyl sites for hydroxylation is 1. The van der Waals surface area contributed by atoms with E-state index in [0.29, 0.717) is 0 Å². The molecule has 0 fully saturated rings. The second kappa shape index (κ2) is 7.59. The van der Waals surface area contributed by atoms with Gasteiger partial charge in [0.2, 0.25) is 0 Å². The molecule has 174 valence electrons. The Kier molecular flexibility index (Phi) is 4.18. The van der Waals surface area contributed by atoms with E-state index >= 15 is 0 Å². The van der Waals surface area contributed by atoms with Gasteiger partial charge in [0.1, 0.15) is 0 Å². The fourth-order valence-electron chi connectivity index (χ4n) is 6.09. The first kappa shape index (κ1) is 20.4. The molecule has 8 rings (SSSR count). The molecule has 0 atom stereocenters. The van der Waals surface area contributed by atoms with E-state index in [-0.39, 0.29) is 0 Å². The number of hydrogen-bond donors (Lipinski definition) is 0. The van der Waals surface area contributed by atoms with Crippen LogP contribution in [0.1, 0.15) is 0 Å².